The molecule has 0 aromatic heterocycles. The molecule has 4 heteroatoms. The molecule has 168 valence electrons. The van der Waals surface area contributed by atoms with E-state index in [2.05, 4.69) is 73.0 Å². The van der Waals surface area contributed by atoms with Gasteiger partial charge in [-0.3, -0.25) is 4.79 Å². The maximum Gasteiger partial charge on any atom is 0.326 e. The summed E-state index contributed by atoms with van der Waals surface area (Å²) in [5, 5.41) is 11.8. The van der Waals surface area contributed by atoms with Crippen LogP contribution in [0.5, 0.6) is 0 Å². The first-order chi connectivity index (χ1) is 14.5. The van der Waals surface area contributed by atoms with Gasteiger partial charge in [0.1, 0.15) is 6.04 Å². The van der Waals surface area contributed by atoms with Crippen LogP contribution in [-0.2, 0) is 9.59 Å². The van der Waals surface area contributed by atoms with E-state index in [4.69, 9.17) is 0 Å². The monoisotopic (exact) mass is 415 g/mol. The van der Waals surface area contributed by atoms with E-state index in [-0.39, 0.29) is 11.8 Å². The third-order valence-electron chi connectivity index (χ3n) is 4.73. The summed E-state index contributed by atoms with van der Waals surface area (Å²) in [5.41, 5.74) is 0. The van der Waals surface area contributed by atoms with E-state index in [1.54, 1.807) is 0 Å². The Morgan fingerprint density at radius 3 is 1.70 bits per heavy atom. The molecule has 0 aliphatic rings. The molecule has 0 aliphatic heterocycles. The quantitative estimate of drug-likeness (QED) is 0.210. The number of rotatable bonds is 17. The van der Waals surface area contributed by atoms with Crippen molar-refractivity contribution < 1.29 is 14.7 Å². The molecule has 0 unspecified atom stereocenters. The normalized spacial score (nSPS) is 14.5. The average molecular weight is 416 g/mol. The molecule has 0 bridgehead atoms. The van der Waals surface area contributed by atoms with Crippen molar-refractivity contribution in [2.75, 3.05) is 0 Å². The highest BCUT2D eigenvalue weighted by Gasteiger charge is 2.24. The Hall–Kier alpha value is -2.36. The summed E-state index contributed by atoms with van der Waals surface area (Å²) in [7, 11) is 0. The predicted molar refractivity (Wildman–Crippen MR) is 127 cm³/mol. The van der Waals surface area contributed by atoms with Gasteiger partial charge in [-0.15, -0.1) is 0 Å². The molecule has 0 aromatic rings. The van der Waals surface area contributed by atoms with Gasteiger partial charge in [0.05, 0.1) is 0 Å². The fraction of sp³-hybridized carbons (Fsp3) is 0.538. The van der Waals surface area contributed by atoms with E-state index in [1.165, 1.54) is 0 Å². The van der Waals surface area contributed by atoms with Crippen molar-refractivity contribution in [2.45, 2.75) is 84.6 Å². The Morgan fingerprint density at radius 2 is 1.27 bits per heavy atom. The second-order valence-electron chi connectivity index (χ2n) is 7.37. The number of allylic oxidation sites excluding steroid dienone is 10. The Labute approximate surface area is 183 Å². The van der Waals surface area contributed by atoms with Crippen LogP contribution in [0.4, 0.5) is 0 Å². The van der Waals surface area contributed by atoms with Gasteiger partial charge in [-0.05, 0) is 50.9 Å². The first-order valence-corrected chi connectivity index (χ1v) is 11.3. The van der Waals surface area contributed by atoms with E-state index >= 15 is 0 Å². The van der Waals surface area contributed by atoms with Crippen LogP contribution < -0.4 is 5.32 Å². The molecule has 0 aromatic carbocycles. The molecule has 0 saturated heterocycles. The summed E-state index contributed by atoms with van der Waals surface area (Å²) in [4.78, 5) is 23.1. The summed E-state index contributed by atoms with van der Waals surface area (Å²) < 4.78 is 0. The second kappa shape index (κ2) is 19.9. The number of carbonyl (C=O) groups is 2. The lowest BCUT2D eigenvalue weighted by Crippen LogP contribution is -2.44. The van der Waals surface area contributed by atoms with Crippen molar-refractivity contribution in [1.29, 1.82) is 0 Å². The van der Waals surface area contributed by atoms with Gasteiger partial charge in [0.2, 0.25) is 5.91 Å². The van der Waals surface area contributed by atoms with E-state index in [0.29, 0.717) is 6.42 Å². The van der Waals surface area contributed by atoms with Gasteiger partial charge in [0.25, 0.3) is 0 Å². The van der Waals surface area contributed by atoms with Crippen LogP contribution in [-0.4, -0.2) is 23.0 Å². The standard InChI is InChI=1S/C26H41NO3/c1-4-6-7-8-9-10-11-12-13-14-15-16-17-18-19-20-21-22-24(28)27-25(26(29)30)23(3)5-2/h6-7,9-10,12-13,15-16,18-19,23,25H,4-5,8,11,14,17,20-22H2,1-3H3,(H,27,28)(H,29,30)/b7-6-,10-9-,13-12-,16-15-,19-18-/t23-,25-/m0/s1. The lowest BCUT2D eigenvalue weighted by Gasteiger charge is -2.19. The molecular formula is C26H41NO3. The molecular weight excluding hydrogens is 374 g/mol. The van der Waals surface area contributed by atoms with E-state index in [0.717, 1.165) is 51.4 Å². The minimum Gasteiger partial charge on any atom is -0.480 e. The van der Waals surface area contributed by atoms with Gasteiger partial charge in [-0.25, -0.2) is 4.79 Å². The van der Waals surface area contributed by atoms with Crippen molar-refractivity contribution >= 4 is 11.9 Å². The molecule has 30 heavy (non-hydrogen) atoms. The summed E-state index contributed by atoms with van der Waals surface area (Å²) in [6.45, 7) is 5.91. The lowest BCUT2D eigenvalue weighted by atomic mass is 9.99. The molecule has 0 heterocycles. The van der Waals surface area contributed by atoms with Crippen LogP contribution in [0.2, 0.25) is 0 Å². The molecule has 0 saturated carbocycles. The molecule has 0 fully saturated rings. The zero-order valence-electron chi connectivity index (χ0n) is 19.1. The summed E-state index contributed by atoms with van der Waals surface area (Å²) >= 11 is 0. The smallest absolute Gasteiger partial charge is 0.326 e. The van der Waals surface area contributed by atoms with E-state index < -0.39 is 12.0 Å². The van der Waals surface area contributed by atoms with Crippen LogP contribution in [0, 0.1) is 5.92 Å². The van der Waals surface area contributed by atoms with Crippen LogP contribution in [0.3, 0.4) is 0 Å². The zero-order chi connectivity index (χ0) is 22.5. The molecule has 4 nitrogen and oxygen atoms in total. The summed E-state index contributed by atoms with van der Waals surface area (Å²) in [5.74, 6) is -1.22. The van der Waals surface area contributed by atoms with Crippen molar-refractivity contribution in [2.24, 2.45) is 5.92 Å². The maximum absolute atomic E-state index is 11.9. The molecule has 2 atom stereocenters. The Bertz CT molecular complexity index is 599. The molecule has 0 spiro atoms. The Kier molecular flexibility index (Phi) is 18.4. The summed E-state index contributed by atoms with van der Waals surface area (Å²) in [6.07, 6.45) is 29.1. The van der Waals surface area contributed by atoms with Crippen LogP contribution in [0.1, 0.15) is 78.6 Å². The number of carbonyl (C=O) groups excluding carboxylic acids is 1. The van der Waals surface area contributed by atoms with Gasteiger partial charge in [0.15, 0.2) is 0 Å². The van der Waals surface area contributed by atoms with Crippen molar-refractivity contribution in [3.05, 3.63) is 60.8 Å². The fourth-order valence-corrected chi connectivity index (χ4v) is 2.68. The van der Waals surface area contributed by atoms with E-state index in [9.17, 15) is 14.7 Å². The number of hydrogen-bond donors (Lipinski definition) is 2. The van der Waals surface area contributed by atoms with Crippen molar-refractivity contribution in [3.8, 4) is 0 Å². The molecule has 2 N–H and O–H groups in total. The van der Waals surface area contributed by atoms with Crippen molar-refractivity contribution in [1.82, 2.24) is 5.32 Å². The maximum atomic E-state index is 11.9. The molecule has 0 aliphatic carbocycles. The van der Waals surface area contributed by atoms with Gasteiger partial charge < -0.3 is 10.4 Å². The third-order valence-corrected chi connectivity index (χ3v) is 4.73. The number of aliphatic carboxylic acids is 1. The Morgan fingerprint density at radius 1 is 0.800 bits per heavy atom. The van der Waals surface area contributed by atoms with Crippen LogP contribution in [0.15, 0.2) is 60.8 Å². The van der Waals surface area contributed by atoms with Crippen LogP contribution >= 0.6 is 0 Å². The first-order valence-electron chi connectivity index (χ1n) is 11.3. The van der Waals surface area contributed by atoms with Gasteiger partial charge >= 0.3 is 5.97 Å². The van der Waals surface area contributed by atoms with Gasteiger partial charge in [-0.1, -0.05) is 88.0 Å². The molecule has 0 rings (SSSR count). The zero-order valence-corrected chi connectivity index (χ0v) is 19.1. The first kappa shape index (κ1) is 27.6. The number of amides is 1. The number of carboxylic acids is 1. The van der Waals surface area contributed by atoms with Gasteiger partial charge in [-0.2, -0.15) is 0 Å². The highest BCUT2D eigenvalue weighted by molar-refractivity contribution is 5.83. The minimum atomic E-state index is -0.962. The molecule has 1 amide bonds. The highest BCUT2D eigenvalue weighted by atomic mass is 16.4. The van der Waals surface area contributed by atoms with E-state index in [1.807, 2.05) is 13.8 Å². The minimum absolute atomic E-state index is 0.0718. The largest absolute Gasteiger partial charge is 0.480 e. The number of nitrogens with one attached hydrogen (secondary N) is 1. The highest BCUT2D eigenvalue weighted by Crippen LogP contribution is 2.09. The number of carboxylic acid groups (broad SMARTS) is 1. The van der Waals surface area contributed by atoms with Gasteiger partial charge in [0, 0.05) is 6.42 Å². The SMILES string of the molecule is CC/C=C\C/C=C\C/C=C\C/C=C\C/C=C\CCCC(=O)N[C@H](C(=O)O)[C@@H](C)CC. The number of unbranched alkanes of at least 4 members (excludes halogenated alkanes) is 1. The third kappa shape index (κ3) is 16.6. The van der Waals surface area contributed by atoms with Crippen molar-refractivity contribution in [3.63, 3.8) is 0 Å². The number of hydrogen-bond acceptors (Lipinski definition) is 2. The van der Waals surface area contributed by atoms with Crippen LogP contribution in [0.25, 0.3) is 0 Å². The fourth-order valence-electron chi connectivity index (χ4n) is 2.68. The molecule has 0 radical (unpaired) electrons. The second-order valence-corrected chi connectivity index (χ2v) is 7.37. The predicted octanol–water partition coefficient (Wildman–Crippen LogP) is 6.52. The summed E-state index contributed by atoms with van der Waals surface area (Å²) in [6, 6.07) is -0.795. The topological polar surface area (TPSA) is 66.4 Å². The Balaban J connectivity index is 3.79. The average Bonchev–Trinajstić information content (AvgIpc) is 2.73. The lowest BCUT2D eigenvalue weighted by molar-refractivity contribution is -0.143.